The van der Waals surface area contributed by atoms with Crippen LogP contribution in [0.15, 0.2) is 170 Å². The van der Waals surface area contributed by atoms with Gasteiger partial charge in [0, 0.05) is 16.9 Å². The van der Waals surface area contributed by atoms with Gasteiger partial charge in [-0.3, -0.25) is 0 Å². The second kappa shape index (κ2) is 9.47. The standard InChI is InChI=1S/C43H28N2O/c1-3-15-29(16-4-1)44-36-23-11-9-21-33(36)43(34-22-10-12-24-37(34)44)32-20-8-7-19-31(32)41-35(43)27-28-40-42(41)45(30-17-5-2-6-18-30)38-25-13-14-26-39(38)46-40/h1-28H. The van der Waals surface area contributed by atoms with E-state index in [4.69, 9.17) is 4.74 Å². The molecule has 0 fully saturated rings. The number of benzene rings is 7. The minimum absolute atomic E-state index is 0.529. The Morgan fingerprint density at radius 2 is 0.891 bits per heavy atom. The Morgan fingerprint density at radius 1 is 0.370 bits per heavy atom. The Bertz CT molecular complexity index is 2260. The van der Waals surface area contributed by atoms with Crippen LogP contribution >= 0.6 is 0 Å². The molecule has 1 aliphatic carbocycles. The molecule has 0 amide bonds. The van der Waals surface area contributed by atoms with Crippen molar-refractivity contribution in [3.63, 3.8) is 0 Å². The normalized spacial score (nSPS) is 14.3. The first-order valence-corrected chi connectivity index (χ1v) is 15.8. The van der Waals surface area contributed by atoms with Crippen molar-refractivity contribution in [1.29, 1.82) is 0 Å². The van der Waals surface area contributed by atoms with E-state index in [-0.39, 0.29) is 0 Å². The minimum Gasteiger partial charge on any atom is -0.453 e. The van der Waals surface area contributed by atoms with Crippen LogP contribution in [0.5, 0.6) is 11.5 Å². The number of fused-ring (bicyclic) bond motifs is 12. The molecule has 3 heteroatoms. The van der Waals surface area contributed by atoms with Gasteiger partial charge in [0.25, 0.3) is 0 Å². The molecule has 3 nitrogen and oxygen atoms in total. The number of ether oxygens (including phenoxy) is 1. The van der Waals surface area contributed by atoms with Gasteiger partial charge in [0.1, 0.15) is 0 Å². The average Bonchev–Trinajstić information content (AvgIpc) is 3.42. The van der Waals surface area contributed by atoms with E-state index in [1.165, 1.54) is 44.8 Å². The van der Waals surface area contributed by atoms with Crippen LogP contribution in [0.2, 0.25) is 0 Å². The Labute approximate surface area is 268 Å². The van der Waals surface area contributed by atoms with Gasteiger partial charge in [0.15, 0.2) is 11.5 Å². The minimum atomic E-state index is -0.529. The van der Waals surface area contributed by atoms with Gasteiger partial charge in [-0.15, -0.1) is 0 Å². The van der Waals surface area contributed by atoms with Crippen molar-refractivity contribution < 1.29 is 4.74 Å². The summed E-state index contributed by atoms with van der Waals surface area (Å²) in [6.07, 6.45) is 0. The maximum absolute atomic E-state index is 6.71. The van der Waals surface area contributed by atoms with Gasteiger partial charge in [-0.1, -0.05) is 115 Å². The molecule has 0 unspecified atom stereocenters. The van der Waals surface area contributed by atoms with Crippen LogP contribution in [-0.2, 0) is 5.41 Å². The fraction of sp³-hybridized carbons (Fsp3) is 0.0233. The zero-order chi connectivity index (χ0) is 30.2. The smallest absolute Gasteiger partial charge is 0.152 e. The predicted molar refractivity (Wildman–Crippen MR) is 187 cm³/mol. The molecule has 0 atom stereocenters. The molecule has 0 saturated carbocycles. The summed E-state index contributed by atoms with van der Waals surface area (Å²) in [4.78, 5) is 4.81. The quantitative estimate of drug-likeness (QED) is 0.200. The zero-order valence-electron chi connectivity index (χ0n) is 25.0. The Kier molecular flexibility index (Phi) is 5.20. The van der Waals surface area contributed by atoms with Crippen LogP contribution in [0.4, 0.5) is 34.1 Å². The molecule has 216 valence electrons. The SMILES string of the molecule is c1ccc(N2c3ccccc3C3(c4ccccc4-c4c3ccc3c4N(c4ccccc4)c4ccccc4O3)c3ccccc32)cc1. The average molecular weight is 589 g/mol. The Morgan fingerprint density at radius 3 is 1.57 bits per heavy atom. The van der Waals surface area contributed by atoms with Crippen molar-refractivity contribution >= 4 is 34.1 Å². The van der Waals surface area contributed by atoms with Crippen molar-refractivity contribution in [2.24, 2.45) is 0 Å². The molecular formula is C43H28N2O. The summed E-state index contributed by atoms with van der Waals surface area (Å²) in [5, 5.41) is 0. The van der Waals surface area contributed by atoms with E-state index in [2.05, 4.69) is 174 Å². The van der Waals surface area contributed by atoms with Crippen molar-refractivity contribution in [3.05, 3.63) is 192 Å². The molecule has 1 spiro atoms. The fourth-order valence-corrected chi connectivity index (χ4v) is 8.13. The summed E-state index contributed by atoms with van der Waals surface area (Å²) in [7, 11) is 0. The number of hydrogen-bond acceptors (Lipinski definition) is 3. The molecule has 2 aliphatic heterocycles. The van der Waals surface area contributed by atoms with E-state index in [9.17, 15) is 0 Å². The maximum atomic E-state index is 6.71. The van der Waals surface area contributed by atoms with Crippen molar-refractivity contribution in [1.82, 2.24) is 0 Å². The molecule has 2 heterocycles. The van der Waals surface area contributed by atoms with Crippen molar-refractivity contribution in [2.45, 2.75) is 5.41 Å². The Balaban J connectivity index is 1.34. The zero-order valence-corrected chi connectivity index (χ0v) is 25.0. The molecule has 0 N–H and O–H groups in total. The summed E-state index contributed by atoms with van der Waals surface area (Å²) >= 11 is 0. The first kappa shape index (κ1) is 25.3. The first-order chi connectivity index (χ1) is 22.9. The molecule has 46 heavy (non-hydrogen) atoms. The van der Waals surface area contributed by atoms with Gasteiger partial charge in [0.2, 0.25) is 0 Å². The number of nitrogens with zero attached hydrogens (tertiary/aromatic N) is 2. The lowest BCUT2D eigenvalue weighted by Gasteiger charge is -2.45. The second-order valence-electron chi connectivity index (χ2n) is 12.1. The molecule has 0 aromatic heterocycles. The second-order valence-corrected chi connectivity index (χ2v) is 12.1. The third kappa shape index (κ3) is 3.21. The van der Waals surface area contributed by atoms with E-state index in [1.54, 1.807) is 0 Å². The van der Waals surface area contributed by atoms with Crippen LogP contribution in [0, 0.1) is 0 Å². The van der Waals surface area contributed by atoms with Crippen LogP contribution in [-0.4, -0.2) is 0 Å². The van der Waals surface area contributed by atoms with E-state index >= 15 is 0 Å². The molecule has 7 aromatic rings. The van der Waals surface area contributed by atoms with Gasteiger partial charge in [0.05, 0.1) is 28.2 Å². The van der Waals surface area contributed by atoms with E-state index in [0.29, 0.717) is 0 Å². The van der Waals surface area contributed by atoms with Gasteiger partial charge in [-0.05, 0) is 82.4 Å². The number of para-hydroxylation sites is 6. The molecule has 0 bridgehead atoms. The largest absolute Gasteiger partial charge is 0.453 e. The van der Waals surface area contributed by atoms with Gasteiger partial charge < -0.3 is 14.5 Å². The summed E-state index contributed by atoms with van der Waals surface area (Å²) in [6.45, 7) is 0. The monoisotopic (exact) mass is 588 g/mol. The molecule has 3 aliphatic rings. The highest BCUT2D eigenvalue weighted by Crippen LogP contribution is 2.67. The number of anilines is 6. The number of hydrogen-bond donors (Lipinski definition) is 0. The summed E-state index contributed by atoms with van der Waals surface area (Å²) < 4.78 is 6.71. The number of rotatable bonds is 2. The molecular weight excluding hydrogens is 560 g/mol. The lowest BCUT2D eigenvalue weighted by molar-refractivity contribution is 0.477. The maximum Gasteiger partial charge on any atom is 0.152 e. The lowest BCUT2D eigenvalue weighted by Crippen LogP contribution is -2.36. The summed E-state index contributed by atoms with van der Waals surface area (Å²) in [6, 6.07) is 61.1. The highest BCUT2D eigenvalue weighted by atomic mass is 16.5. The highest BCUT2D eigenvalue weighted by molar-refractivity contribution is 6.04. The topological polar surface area (TPSA) is 15.7 Å². The molecule has 10 rings (SSSR count). The lowest BCUT2D eigenvalue weighted by atomic mass is 9.64. The summed E-state index contributed by atoms with van der Waals surface area (Å²) in [5.74, 6) is 1.71. The van der Waals surface area contributed by atoms with Crippen LogP contribution in [0.25, 0.3) is 11.1 Å². The van der Waals surface area contributed by atoms with Crippen LogP contribution < -0.4 is 14.5 Å². The summed E-state index contributed by atoms with van der Waals surface area (Å²) in [5.41, 5.74) is 13.8. The van der Waals surface area contributed by atoms with Crippen LogP contribution in [0.1, 0.15) is 22.3 Å². The van der Waals surface area contributed by atoms with E-state index in [1.807, 2.05) is 6.07 Å². The first-order valence-electron chi connectivity index (χ1n) is 15.8. The van der Waals surface area contributed by atoms with Crippen molar-refractivity contribution in [3.8, 4) is 22.6 Å². The molecule has 0 radical (unpaired) electrons. The van der Waals surface area contributed by atoms with E-state index < -0.39 is 5.41 Å². The third-order valence-electron chi connectivity index (χ3n) is 9.82. The van der Waals surface area contributed by atoms with Gasteiger partial charge in [-0.25, -0.2) is 0 Å². The van der Waals surface area contributed by atoms with Gasteiger partial charge in [-0.2, -0.15) is 0 Å². The highest BCUT2D eigenvalue weighted by Gasteiger charge is 2.53. The molecule has 0 saturated heterocycles. The van der Waals surface area contributed by atoms with Crippen LogP contribution in [0.3, 0.4) is 0 Å². The fourth-order valence-electron chi connectivity index (χ4n) is 8.13. The van der Waals surface area contributed by atoms with Crippen molar-refractivity contribution in [2.75, 3.05) is 9.80 Å². The third-order valence-corrected chi connectivity index (χ3v) is 9.82. The molecule has 7 aromatic carbocycles. The van der Waals surface area contributed by atoms with E-state index in [0.717, 1.165) is 34.2 Å². The Hall–Kier alpha value is -6.06. The van der Waals surface area contributed by atoms with Gasteiger partial charge >= 0.3 is 0 Å². The predicted octanol–water partition coefficient (Wildman–Crippen LogP) is 11.4.